The van der Waals surface area contributed by atoms with E-state index in [-0.39, 0.29) is 29.1 Å². The van der Waals surface area contributed by atoms with Crippen molar-refractivity contribution < 1.29 is 9.18 Å². The molecule has 1 saturated heterocycles. The quantitative estimate of drug-likeness (QED) is 0.459. The lowest BCUT2D eigenvalue weighted by Crippen LogP contribution is -2.38. The van der Waals surface area contributed by atoms with Crippen LogP contribution < -0.4 is 15.5 Å². The van der Waals surface area contributed by atoms with E-state index < -0.39 is 5.41 Å². The molecule has 0 atom stereocenters. The Morgan fingerprint density at radius 2 is 1.92 bits per heavy atom. The average Bonchev–Trinajstić information content (AvgIpc) is 3.38. The number of piperidine rings is 1. The minimum Gasteiger partial charge on any atom is -0.356 e. The van der Waals surface area contributed by atoms with Crippen LogP contribution in [0.3, 0.4) is 0 Å². The molecule has 10 heteroatoms. The van der Waals surface area contributed by atoms with Gasteiger partial charge in [0.1, 0.15) is 23.7 Å². The first kappa shape index (κ1) is 23.3. The molecule has 9 nitrogen and oxygen atoms in total. The highest BCUT2D eigenvalue weighted by Gasteiger charge is 2.41. The van der Waals surface area contributed by atoms with Crippen LogP contribution in [0.25, 0.3) is 11.2 Å². The third-order valence-corrected chi connectivity index (χ3v) is 7.59. The van der Waals surface area contributed by atoms with Gasteiger partial charge in [-0.15, -0.1) is 0 Å². The van der Waals surface area contributed by atoms with E-state index in [0.29, 0.717) is 47.9 Å². The number of carbonyl (C=O) groups excluding carboxylic acids is 1. The lowest BCUT2D eigenvalue weighted by Gasteiger charge is -2.33. The fourth-order valence-corrected chi connectivity index (χ4v) is 5.73. The number of imidazole rings is 1. The SMILES string of the molecule is Cc1ccc2c(c1F)C(C)(C)CN2C(=O)c1cc(N2CCC(n3c(=O)[nH]c4ncccc43)CC2)ncn1. The predicted octanol–water partition coefficient (Wildman–Crippen LogP) is 3.74. The van der Waals surface area contributed by atoms with Crippen LogP contribution >= 0.6 is 0 Å². The van der Waals surface area contributed by atoms with Crippen LogP contribution in [0, 0.1) is 12.7 Å². The van der Waals surface area contributed by atoms with E-state index >= 15 is 0 Å². The predicted molar refractivity (Wildman–Crippen MR) is 139 cm³/mol. The molecule has 37 heavy (non-hydrogen) atoms. The second-order valence-corrected chi connectivity index (χ2v) is 10.5. The van der Waals surface area contributed by atoms with E-state index in [9.17, 15) is 14.0 Å². The first-order valence-electron chi connectivity index (χ1n) is 12.5. The van der Waals surface area contributed by atoms with Crippen molar-refractivity contribution >= 4 is 28.6 Å². The smallest absolute Gasteiger partial charge is 0.327 e. The van der Waals surface area contributed by atoms with Gasteiger partial charge in [-0.3, -0.25) is 14.3 Å². The fourth-order valence-electron chi connectivity index (χ4n) is 5.73. The van der Waals surface area contributed by atoms with Crippen LogP contribution in [0.15, 0.2) is 47.7 Å². The normalized spacial score (nSPS) is 17.4. The molecule has 0 unspecified atom stereocenters. The van der Waals surface area contributed by atoms with Crippen LogP contribution in [0.5, 0.6) is 0 Å². The van der Waals surface area contributed by atoms with Crippen molar-refractivity contribution in [2.75, 3.05) is 29.4 Å². The minimum absolute atomic E-state index is 0.0475. The van der Waals surface area contributed by atoms with Gasteiger partial charge in [0.2, 0.25) is 0 Å². The van der Waals surface area contributed by atoms with Gasteiger partial charge in [-0.2, -0.15) is 0 Å². The first-order valence-corrected chi connectivity index (χ1v) is 12.5. The van der Waals surface area contributed by atoms with E-state index in [2.05, 4.69) is 24.8 Å². The topological polar surface area (TPSA) is 100 Å². The summed E-state index contributed by atoms with van der Waals surface area (Å²) in [4.78, 5) is 45.6. The summed E-state index contributed by atoms with van der Waals surface area (Å²) in [6.45, 7) is 7.37. The second kappa shape index (κ2) is 8.50. The number of hydrogen-bond acceptors (Lipinski definition) is 6. The number of nitrogens with zero attached hydrogens (tertiary/aromatic N) is 6. The maximum Gasteiger partial charge on any atom is 0.327 e. The Morgan fingerprint density at radius 3 is 2.70 bits per heavy atom. The molecule has 2 aliphatic rings. The number of aromatic amines is 1. The number of aromatic nitrogens is 5. The third kappa shape index (κ3) is 3.78. The largest absolute Gasteiger partial charge is 0.356 e. The summed E-state index contributed by atoms with van der Waals surface area (Å²) in [5.41, 5.74) is 2.75. The molecule has 0 radical (unpaired) electrons. The first-order chi connectivity index (χ1) is 17.7. The molecule has 6 rings (SSSR count). The van der Waals surface area contributed by atoms with E-state index in [0.717, 1.165) is 18.4 Å². The molecule has 2 aliphatic heterocycles. The van der Waals surface area contributed by atoms with Crippen molar-refractivity contribution in [1.82, 2.24) is 24.5 Å². The molecule has 5 heterocycles. The number of H-pyrrole nitrogens is 1. The maximum absolute atomic E-state index is 15.0. The zero-order valence-corrected chi connectivity index (χ0v) is 21.0. The van der Waals surface area contributed by atoms with Crippen LogP contribution in [0.2, 0.25) is 0 Å². The molecule has 190 valence electrons. The Labute approximate surface area is 213 Å². The van der Waals surface area contributed by atoms with Crippen molar-refractivity contribution in [3.63, 3.8) is 0 Å². The molecular weight excluding hydrogens is 473 g/mol. The number of pyridine rings is 1. The lowest BCUT2D eigenvalue weighted by molar-refractivity contribution is 0.0981. The average molecular weight is 502 g/mol. The third-order valence-electron chi connectivity index (χ3n) is 7.59. The summed E-state index contributed by atoms with van der Waals surface area (Å²) in [5.74, 6) is 0.138. The molecule has 4 aromatic rings. The van der Waals surface area contributed by atoms with Crippen molar-refractivity contribution in [2.24, 2.45) is 0 Å². The number of anilines is 2. The van der Waals surface area contributed by atoms with Crippen LogP contribution in [-0.4, -0.2) is 50.0 Å². The summed E-state index contributed by atoms with van der Waals surface area (Å²) in [6.07, 6.45) is 4.57. The maximum atomic E-state index is 15.0. The highest BCUT2D eigenvalue weighted by Crippen LogP contribution is 2.43. The molecule has 1 fully saturated rings. The summed E-state index contributed by atoms with van der Waals surface area (Å²) in [6, 6.07) is 9.01. The van der Waals surface area contributed by atoms with Gasteiger partial charge in [0.15, 0.2) is 5.65 Å². The number of nitrogens with one attached hydrogen (secondary N) is 1. The lowest BCUT2D eigenvalue weighted by atomic mass is 9.85. The van der Waals surface area contributed by atoms with Gasteiger partial charge in [-0.1, -0.05) is 19.9 Å². The Balaban J connectivity index is 1.22. The summed E-state index contributed by atoms with van der Waals surface area (Å²) >= 11 is 0. The Morgan fingerprint density at radius 1 is 1.14 bits per heavy atom. The number of amides is 1. The molecule has 0 bridgehead atoms. The van der Waals surface area contributed by atoms with Crippen molar-refractivity contribution in [3.05, 3.63) is 76.0 Å². The molecule has 0 spiro atoms. The zero-order chi connectivity index (χ0) is 25.9. The van der Waals surface area contributed by atoms with Crippen molar-refractivity contribution in [3.8, 4) is 0 Å². The van der Waals surface area contributed by atoms with Crippen molar-refractivity contribution in [2.45, 2.75) is 45.1 Å². The standard InChI is InChI=1S/C27H28FN7O2/c1-16-6-7-19-22(23(16)28)27(2,3)14-34(19)25(36)18-13-21(31-15-30-18)33-11-8-17(9-12-33)35-20-5-4-10-29-24(20)32-26(35)37/h4-7,10,13,15,17H,8-9,11-12,14H2,1-3H3,(H,29,32,37). The number of hydrogen-bond donors (Lipinski definition) is 1. The minimum atomic E-state index is -0.505. The van der Waals surface area contributed by atoms with E-state index in [4.69, 9.17) is 0 Å². The van der Waals surface area contributed by atoms with Crippen LogP contribution in [0.4, 0.5) is 15.9 Å². The van der Waals surface area contributed by atoms with E-state index in [1.54, 1.807) is 34.7 Å². The molecular formula is C27H28FN7O2. The summed E-state index contributed by atoms with van der Waals surface area (Å²) in [7, 11) is 0. The van der Waals surface area contributed by atoms with E-state index in [1.807, 2.05) is 32.0 Å². The number of fused-ring (bicyclic) bond motifs is 2. The molecule has 1 aromatic carbocycles. The van der Waals surface area contributed by atoms with Crippen molar-refractivity contribution in [1.29, 1.82) is 0 Å². The second-order valence-electron chi connectivity index (χ2n) is 10.5. The monoisotopic (exact) mass is 501 g/mol. The van der Waals surface area contributed by atoms with Crippen LogP contribution in [-0.2, 0) is 5.41 Å². The number of carbonyl (C=O) groups is 1. The Bertz CT molecular complexity index is 1580. The number of aryl methyl sites for hydroxylation is 1. The van der Waals surface area contributed by atoms with Gasteiger partial charge in [-0.25, -0.2) is 24.1 Å². The fraction of sp³-hybridized carbons (Fsp3) is 0.370. The number of rotatable bonds is 3. The summed E-state index contributed by atoms with van der Waals surface area (Å²) in [5, 5.41) is 0. The van der Waals surface area contributed by atoms with Gasteiger partial charge < -0.3 is 9.80 Å². The Kier molecular flexibility index (Phi) is 5.36. The Hall–Kier alpha value is -4.08. The van der Waals surface area contributed by atoms with Gasteiger partial charge in [0.05, 0.1) is 11.2 Å². The molecule has 0 aliphatic carbocycles. The van der Waals surface area contributed by atoms with Gasteiger partial charge in [0.25, 0.3) is 5.91 Å². The number of benzene rings is 1. The van der Waals surface area contributed by atoms with Crippen LogP contribution in [0.1, 0.15) is 54.3 Å². The summed E-state index contributed by atoms with van der Waals surface area (Å²) < 4.78 is 16.8. The molecule has 1 N–H and O–H groups in total. The highest BCUT2D eigenvalue weighted by atomic mass is 19.1. The van der Waals surface area contributed by atoms with Gasteiger partial charge in [-0.05, 0) is 43.5 Å². The van der Waals surface area contributed by atoms with Gasteiger partial charge >= 0.3 is 5.69 Å². The zero-order valence-electron chi connectivity index (χ0n) is 21.0. The molecule has 0 saturated carbocycles. The van der Waals surface area contributed by atoms with Gasteiger partial charge in [0, 0.05) is 48.9 Å². The molecule has 3 aromatic heterocycles. The highest BCUT2D eigenvalue weighted by molar-refractivity contribution is 6.07. The van der Waals surface area contributed by atoms with E-state index in [1.165, 1.54) is 6.33 Å². The number of halogens is 1. The molecule has 1 amide bonds.